The second-order valence-corrected chi connectivity index (χ2v) is 15.3. The molecule has 3 atom stereocenters. The number of H-pyrrole nitrogens is 1. The number of hydrogen-bond donors (Lipinski definition) is 3. The van der Waals surface area contributed by atoms with Crippen molar-refractivity contribution in [3.8, 4) is 6.07 Å². The summed E-state index contributed by atoms with van der Waals surface area (Å²) in [6.07, 6.45) is 7.82. The Morgan fingerprint density at radius 2 is 1.79 bits per heavy atom. The second-order valence-electron chi connectivity index (χ2n) is 13.2. The van der Waals surface area contributed by atoms with Crippen LogP contribution in [0.15, 0.2) is 59.6 Å². The predicted octanol–water partition coefficient (Wildman–Crippen LogP) is 4.41. The Kier molecular flexibility index (Phi) is 9.87. The summed E-state index contributed by atoms with van der Waals surface area (Å²) in [4.78, 5) is 34.1. The van der Waals surface area contributed by atoms with Crippen LogP contribution in [-0.4, -0.2) is 86.1 Å². The summed E-state index contributed by atoms with van der Waals surface area (Å²) in [5, 5.41) is 16.2. The first-order valence-electron chi connectivity index (χ1n) is 16.7. The van der Waals surface area contributed by atoms with Gasteiger partial charge in [-0.2, -0.15) is 5.26 Å². The van der Waals surface area contributed by atoms with Crippen molar-refractivity contribution in [2.24, 2.45) is 5.92 Å². The van der Waals surface area contributed by atoms with Crippen LogP contribution in [0.25, 0.3) is 10.9 Å². The topological polar surface area (TPSA) is 148 Å². The number of carbonyl (C=O) groups excluding carboxylic acids is 2. The molecule has 3 fully saturated rings. The van der Waals surface area contributed by atoms with Crippen molar-refractivity contribution < 1.29 is 22.7 Å². The molecule has 0 spiro atoms. The third-order valence-electron chi connectivity index (χ3n) is 9.94. The molecule has 3 N–H and O–H groups in total. The van der Waals surface area contributed by atoms with E-state index in [4.69, 9.17) is 4.74 Å². The Morgan fingerprint density at radius 3 is 2.51 bits per heavy atom. The van der Waals surface area contributed by atoms with Crippen molar-refractivity contribution in [1.29, 1.82) is 5.26 Å². The lowest BCUT2D eigenvalue weighted by Gasteiger charge is -2.33. The summed E-state index contributed by atoms with van der Waals surface area (Å²) in [6.45, 7) is 3.99. The number of nitriles is 1. The number of rotatable bonds is 9. The monoisotopic (exact) mass is 660 g/mol. The van der Waals surface area contributed by atoms with Gasteiger partial charge in [-0.1, -0.05) is 68.0 Å². The van der Waals surface area contributed by atoms with E-state index in [1.54, 1.807) is 40.3 Å². The predicted molar refractivity (Wildman–Crippen MR) is 178 cm³/mol. The summed E-state index contributed by atoms with van der Waals surface area (Å²) in [6, 6.07) is 15.6. The molecule has 6 rings (SSSR count). The maximum absolute atomic E-state index is 14.4. The zero-order chi connectivity index (χ0) is 33.0. The van der Waals surface area contributed by atoms with Gasteiger partial charge < -0.3 is 25.3 Å². The number of benzene rings is 2. The minimum absolute atomic E-state index is 0.0120. The van der Waals surface area contributed by atoms with Gasteiger partial charge in [-0.25, -0.2) is 13.2 Å². The van der Waals surface area contributed by atoms with Gasteiger partial charge in [0.05, 0.1) is 24.2 Å². The molecular formula is C35H44N6O5S. The third-order valence-corrected chi connectivity index (χ3v) is 12.0. The standard InChI is InChI=1S/C35H44N6O5S/c1-25-11-13-27(14-12-25)47(44,45)33(29-22-37-30-10-6-5-9-28(29)30)41-16-15-35(23-36,24-41)39-32(42)31(21-26-7-3-2-4-8-26)38-34(43)40-17-19-46-20-18-40/h5-6,9-14,22,26,31,33,37H,2-4,7-8,15-21,24H2,1H3,(H,38,43)(H,39,42). The van der Waals surface area contributed by atoms with Gasteiger partial charge in [-0.15, -0.1) is 0 Å². The lowest BCUT2D eigenvalue weighted by molar-refractivity contribution is -0.124. The van der Waals surface area contributed by atoms with E-state index in [1.807, 2.05) is 31.2 Å². The first-order chi connectivity index (χ1) is 22.7. The number of aromatic nitrogens is 1. The molecule has 1 aromatic heterocycles. The first-order valence-corrected chi connectivity index (χ1v) is 18.2. The molecule has 250 valence electrons. The van der Waals surface area contributed by atoms with Gasteiger partial charge in [0.25, 0.3) is 0 Å². The van der Waals surface area contributed by atoms with Crippen molar-refractivity contribution in [3.63, 3.8) is 0 Å². The number of morpholine rings is 1. The van der Waals surface area contributed by atoms with E-state index in [2.05, 4.69) is 21.7 Å². The quantitative estimate of drug-likeness (QED) is 0.308. The van der Waals surface area contributed by atoms with Crippen LogP contribution in [0, 0.1) is 24.2 Å². The number of fused-ring (bicyclic) bond motifs is 1. The Labute approximate surface area is 276 Å². The zero-order valence-corrected chi connectivity index (χ0v) is 27.7. The Hall–Kier alpha value is -3.92. The van der Waals surface area contributed by atoms with Crippen LogP contribution < -0.4 is 10.6 Å². The molecule has 3 unspecified atom stereocenters. The minimum Gasteiger partial charge on any atom is -0.378 e. The number of aromatic amines is 1. The van der Waals surface area contributed by atoms with Gasteiger partial charge in [0.1, 0.15) is 17.0 Å². The molecular weight excluding hydrogens is 616 g/mol. The molecule has 3 amide bonds. The molecule has 11 nitrogen and oxygen atoms in total. The van der Waals surface area contributed by atoms with E-state index >= 15 is 0 Å². The maximum atomic E-state index is 14.4. The fraction of sp³-hybridized carbons (Fsp3) is 0.514. The van der Waals surface area contributed by atoms with Gasteiger partial charge >= 0.3 is 6.03 Å². The van der Waals surface area contributed by atoms with Crippen molar-refractivity contribution in [3.05, 3.63) is 65.9 Å². The van der Waals surface area contributed by atoms with Crippen LogP contribution in [0.3, 0.4) is 0 Å². The van der Waals surface area contributed by atoms with Crippen LogP contribution in [0.4, 0.5) is 4.79 Å². The number of para-hydroxylation sites is 1. The van der Waals surface area contributed by atoms with Crippen LogP contribution in [-0.2, 0) is 19.4 Å². The van der Waals surface area contributed by atoms with E-state index in [0.717, 1.165) is 42.1 Å². The van der Waals surface area contributed by atoms with Crippen LogP contribution in [0.2, 0.25) is 0 Å². The molecule has 1 aliphatic carbocycles. The highest BCUT2D eigenvalue weighted by Gasteiger charge is 2.47. The first kappa shape index (κ1) is 33.0. The molecule has 1 saturated carbocycles. The molecule has 12 heteroatoms. The van der Waals surface area contributed by atoms with Crippen molar-refractivity contribution in [2.45, 2.75) is 73.7 Å². The SMILES string of the molecule is Cc1ccc(S(=O)(=O)C(c2c[nH]c3ccccc23)N2CCC(C#N)(NC(=O)C(CC3CCCCC3)NC(=O)N3CCOCC3)C2)cc1. The van der Waals surface area contributed by atoms with E-state index in [0.29, 0.717) is 44.2 Å². The fourth-order valence-electron chi connectivity index (χ4n) is 7.29. The molecule has 0 bridgehead atoms. The van der Waals surface area contributed by atoms with Gasteiger partial charge in [-0.3, -0.25) is 9.69 Å². The Morgan fingerprint density at radius 1 is 1.06 bits per heavy atom. The number of carbonyl (C=O) groups is 2. The molecule has 3 aromatic rings. The smallest absolute Gasteiger partial charge is 0.318 e. The fourth-order valence-corrected chi connectivity index (χ4v) is 9.17. The number of hydrogen-bond acceptors (Lipinski definition) is 7. The largest absolute Gasteiger partial charge is 0.378 e. The number of ether oxygens (including phenoxy) is 1. The second kappa shape index (κ2) is 14.1. The minimum atomic E-state index is -3.96. The van der Waals surface area contributed by atoms with E-state index in [-0.39, 0.29) is 30.4 Å². The van der Waals surface area contributed by atoms with Gasteiger partial charge in [0.2, 0.25) is 5.91 Å². The van der Waals surface area contributed by atoms with Gasteiger partial charge in [0.15, 0.2) is 9.84 Å². The molecule has 47 heavy (non-hydrogen) atoms. The van der Waals surface area contributed by atoms with E-state index < -0.39 is 32.7 Å². The molecule has 2 aliphatic heterocycles. The normalized spacial score (nSPS) is 22.4. The summed E-state index contributed by atoms with van der Waals surface area (Å²) in [7, 11) is -3.96. The lowest BCUT2D eigenvalue weighted by atomic mass is 9.84. The number of amides is 3. The molecule has 2 aromatic carbocycles. The van der Waals surface area contributed by atoms with E-state index in [9.17, 15) is 23.3 Å². The average Bonchev–Trinajstić information content (AvgIpc) is 3.70. The van der Waals surface area contributed by atoms with Crippen molar-refractivity contribution >= 4 is 32.7 Å². The summed E-state index contributed by atoms with van der Waals surface area (Å²) >= 11 is 0. The molecule has 0 radical (unpaired) electrons. The maximum Gasteiger partial charge on any atom is 0.318 e. The number of likely N-dealkylation sites (tertiary alicyclic amines) is 1. The van der Waals surface area contributed by atoms with Crippen LogP contribution >= 0.6 is 0 Å². The molecule has 3 aliphatic rings. The number of nitrogens with zero attached hydrogens (tertiary/aromatic N) is 3. The summed E-state index contributed by atoms with van der Waals surface area (Å²) in [5.74, 6) is -0.112. The van der Waals surface area contributed by atoms with E-state index in [1.165, 1.54) is 6.42 Å². The number of urea groups is 1. The van der Waals surface area contributed by atoms with Crippen molar-refractivity contribution in [2.75, 3.05) is 39.4 Å². The van der Waals surface area contributed by atoms with Gasteiger partial charge in [0, 0.05) is 48.8 Å². The van der Waals surface area contributed by atoms with Crippen molar-refractivity contribution in [1.82, 2.24) is 25.4 Å². The Bertz CT molecular complexity index is 1720. The summed E-state index contributed by atoms with van der Waals surface area (Å²) < 4.78 is 34.2. The Balaban J connectivity index is 1.27. The lowest BCUT2D eigenvalue weighted by Crippen LogP contribution is -2.58. The number of aryl methyl sites for hydroxylation is 1. The highest BCUT2D eigenvalue weighted by atomic mass is 32.2. The third kappa shape index (κ3) is 7.17. The highest BCUT2D eigenvalue weighted by molar-refractivity contribution is 7.91. The van der Waals surface area contributed by atoms with Crippen LogP contribution in [0.5, 0.6) is 0 Å². The number of nitrogens with one attached hydrogen (secondary N) is 3. The zero-order valence-electron chi connectivity index (χ0n) is 26.9. The van der Waals surface area contributed by atoms with Gasteiger partial charge in [-0.05, 0) is 43.9 Å². The molecule has 3 heterocycles. The summed E-state index contributed by atoms with van der Waals surface area (Å²) in [5.41, 5.74) is 1.02. The number of sulfone groups is 1. The highest BCUT2D eigenvalue weighted by Crippen LogP contribution is 2.40. The average molecular weight is 661 g/mol. The van der Waals surface area contributed by atoms with Crippen LogP contribution in [0.1, 0.15) is 61.4 Å². The molecule has 2 saturated heterocycles.